The third-order valence-corrected chi connectivity index (χ3v) is 5.17. The van der Waals surface area contributed by atoms with Crippen LogP contribution in [0.5, 0.6) is 11.5 Å². The summed E-state index contributed by atoms with van der Waals surface area (Å²) in [5.74, 6) is 1.13. The lowest BCUT2D eigenvalue weighted by Gasteiger charge is -2.29. The second-order valence-corrected chi connectivity index (χ2v) is 7.56. The first kappa shape index (κ1) is 20.9. The van der Waals surface area contributed by atoms with E-state index in [9.17, 15) is 9.59 Å². The lowest BCUT2D eigenvalue weighted by Crippen LogP contribution is -2.43. The molecule has 1 saturated carbocycles. The van der Waals surface area contributed by atoms with Gasteiger partial charge in [-0.2, -0.15) is 0 Å². The molecule has 2 aromatic rings. The first-order valence-corrected chi connectivity index (χ1v) is 10.1. The minimum atomic E-state index is -0.231. The molecule has 29 heavy (non-hydrogen) atoms. The Morgan fingerprint density at radius 2 is 1.72 bits per heavy atom. The van der Waals surface area contributed by atoms with Crippen LogP contribution >= 0.6 is 0 Å². The summed E-state index contributed by atoms with van der Waals surface area (Å²) < 4.78 is 5.80. The molecule has 3 N–H and O–H groups in total. The van der Waals surface area contributed by atoms with E-state index in [1.807, 2.05) is 36.4 Å². The Morgan fingerprint density at radius 1 is 1.03 bits per heavy atom. The zero-order valence-electron chi connectivity index (χ0n) is 16.6. The SMILES string of the molecule is CC(CO)NC(=O)C1CCC(NC(=O)c2cccc(Oc3ccccc3)c2)CC1. The Balaban J connectivity index is 1.51. The monoisotopic (exact) mass is 396 g/mol. The van der Waals surface area contributed by atoms with Crippen LogP contribution < -0.4 is 15.4 Å². The summed E-state index contributed by atoms with van der Waals surface area (Å²) in [7, 11) is 0. The van der Waals surface area contributed by atoms with Crippen LogP contribution in [0.25, 0.3) is 0 Å². The lowest BCUT2D eigenvalue weighted by atomic mass is 9.85. The van der Waals surface area contributed by atoms with E-state index in [0.29, 0.717) is 11.3 Å². The Kier molecular flexibility index (Phi) is 7.25. The molecule has 0 heterocycles. The Hall–Kier alpha value is -2.86. The Bertz CT molecular complexity index is 817. The number of nitrogens with one attached hydrogen (secondary N) is 2. The van der Waals surface area contributed by atoms with Crippen molar-refractivity contribution in [2.75, 3.05) is 6.61 Å². The Morgan fingerprint density at radius 3 is 2.41 bits per heavy atom. The van der Waals surface area contributed by atoms with Gasteiger partial charge in [0.15, 0.2) is 0 Å². The number of hydrogen-bond donors (Lipinski definition) is 3. The number of carbonyl (C=O) groups excluding carboxylic acids is 2. The molecule has 154 valence electrons. The minimum absolute atomic E-state index is 0.0120. The van der Waals surface area contributed by atoms with Gasteiger partial charge in [-0.3, -0.25) is 9.59 Å². The number of benzene rings is 2. The van der Waals surface area contributed by atoms with Gasteiger partial charge >= 0.3 is 0 Å². The van der Waals surface area contributed by atoms with Crippen molar-refractivity contribution in [3.05, 3.63) is 60.2 Å². The smallest absolute Gasteiger partial charge is 0.251 e. The van der Waals surface area contributed by atoms with Crippen molar-refractivity contribution in [1.29, 1.82) is 0 Å². The third kappa shape index (κ3) is 6.06. The maximum atomic E-state index is 12.6. The van der Waals surface area contributed by atoms with E-state index < -0.39 is 0 Å². The molecule has 2 amide bonds. The van der Waals surface area contributed by atoms with Crippen LogP contribution in [0.3, 0.4) is 0 Å². The fourth-order valence-electron chi connectivity index (χ4n) is 3.50. The normalized spacial score (nSPS) is 19.8. The number of ether oxygens (including phenoxy) is 1. The molecule has 2 aromatic carbocycles. The van der Waals surface area contributed by atoms with E-state index in [0.717, 1.165) is 31.4 Å². The number of rotatable bonds is 7. The highest BCUT2D eigenvalue weighted by atomic mass is 16.5. The maximum absolute atomic E-state index is 12.6. The van der Waals surface area contributed by atoms with E-state index in [4.69, 9.17) is 9.84 Å². The molecule has 1 aliphatic rings. The molecule has 1 fully saturated rings. The van der Waals surface area contributed by atoms with Crippen molar-refractivity contribution >= 4 is 11.8 Å². The highest BCUT2D eigenvalue weighted by Crippen LogP contribution is 2.26. The van der Waals surface area contributed by atoms with Gasteiger partial charge in [0.25, 0.3) is 5.91 Å². The number of aliphatic hydroxyl groups is 1. The molecule has 1 aliphatic carbocycles. The molecule has 0 aromatic heterocycles. The summed E-state index contributed by atoms with van der Waals surface area (Å²) >= 11 is 0. The number of hydrogen-bond acceptors (Lipinski definition) is 4. The molecule has 0 bridgehead atoms. The van der Waals surface area contributed by atoms with Gasteiger partial charge in [-0.05, 0) is 62.9 Å². The van der Waals surface area contributed by atoms with Gasteiger partial charge in [-0.15, -0.1) is 0 Å². The lowest BCUT2D eigenvalue weighted by molar-refractivity contribution is -0.126. The number of amides is 2. The second kappa shape index (κ2) is 10.1. The predicted molar refractivity (Wildman–Crippen MR) is 111 cm³/mol. The molecule has 6 heteroatoms. The molecule has 0 aliphatic heterocycles. The van der Waals surface area contributed by atoms with Crippen LogP contribution in [-0.2, 0) is 4.79 Å². The fraction of sp³-hybridized carbons (Fsp3) is 0.391. The van der Waals surface area contributed by atoms with E-state index in [2.05, 4.69) is 10.6 Å². The zero-order chi connectivity index (χ0) is 20.6. The molecule has 1 unspecified atom stereocenters. The maximum Gasteiger partial charge on any atom is 0.251 e. The number of aliphatic hydroxyl groups excluding tert-OH is 1. The van der Waals surface area contributed by atoms with Crippen molar-refractivity contribution in [3.8, 4) is 11.5 Å². The quantitative estimate of drug-likeness (QED) is 0.670. The van der Waals surface area contributed by atoms with Crippen LogP contribution in [0.2, 0.25) is 0 Å². The van der Waals surface area contributed by atoms with Gasteiger partial charge in [0.05, 0.1) is 6.61 Å². The average Bonchev–Trinajstić information content (AvgIpc) is 2.75. The summed E-state index contributed by atoms with van der Waals surface area (Å²) in [5, 5.41) is 15.0. The van der Waals surface area contributed by atoms with Crippen LogP contribution in [0.1, 0.15) is 43.0 Å². The average molecular weight is 396 g/mol. The summed E-state index contributed by atoms with van der Waals surface area (Å²) in [6, 6.07) is 16.4. The zero-order valence-corrected chi connectivity index (χ0v) is 16.6. The number of carbonyl (C=O) groups is 2. The van der Waals surface area contributed by atoms with E-state index in [-0.39, 0.29) is 36.4 Å². The van der Waals surface area contributed by atoms with Crippen LogP contribution in [-0.4, -0.2) is 35.6 Å². The van der Waals surface area contributed by atoms with Crippen molar-refractivity contribution in [3.63, 3.8) is 0 Å². The van der Waals surface area contributed by atoms with Crippen LogP contribution in [0, 0.1) is 5.92 Å². The molecule has 0 saturated heterocycles. The van der Waals surface area contributed by atoms with Crippen molar-refractivity contribution in [2.24, 2.45) is 5.92 Å². The topological polar surface area (TPSA) is 87.7 Å². The first-order chi connectivity index (χ1) is 14.0. The van der Waals surface area contributed by atoms with Crippen molar-refractivity contribution in [1.82, 2.24) is 10.6 Å². The summed E-state index contributed by atoms with van der Waals surface area (Å²) in [5.41, 5.74) is 0.551. The van der Waals surface area contributed by atoms with E-state index >= 15 is 0 Å². The fourth-order valence-corrected chi connectivity index (χ4v) is 3.50. The molecule has 3 rings (SSSR count). The Labute approximate surface area is 171 Å². The van der Waals surface area contributed by atoms with Gasteiger partial charge in [0.2, 0.25) is 5.91 Å². The highest BCUT2D eigenvalue weighted by Gasteiger charge is 2.27. The molecule has 0 radical (unpaired) electrons. The molecule has 0 spiro atoms. The van der Waals surface area contributed by atoms with Crippen molar-refractivity contribution in [2.45, 2.75) is 44.7 Å². The second-order valence-electron chi connectivity index (χ2n) is 7.56. The number of para-hydroxylation sites is 1. The van der Waals surface area contributed by atoms with Gasteiger partial charge in [-0.25, -0.2) is 0 Å². The molecule has 6 nitrogen and oxygen atoms in total. The predicted octanol–water partition coefficient (Wildman–Crippen LogP) is 3.26. The summed E-state index contributed by atoms with van der Waals surface area (Å²) in [4.78, 5) is 24.8. The first-order valence-electron chi connectivity index (χ1n) is 10.1. The molecular formula is C23H28N2O4. The summed E-state index contributed by atoms with van der Waals surface area (Å²) in [6.45, 7) is 1.71. The highest BCUT2D eigenvalue weighted by molar-refractivity contribution is 5.94. The summed E-state index contributed by atoms with van der Waals surface area (Å²) in [6.07, 6.45) is 2.98. The standard InChI is InChI=1S/C23H28N2O4/c1-16(15-26)24-22(27)17-10-12-19(13-11-17)25-23(28)18-6-5-9-21(14-18)29-20-7-3-2-4-8-20/h2-9,14,16-17,19,26H,10-13,15H2,1H3,(H,24,27)(H,25,28). The largest absolute Gasteiger partial charge is 0.457 e. The van der Waals surface area contributed by atoms with E-state index in [1.54, 1.807) is 25.1 Å². The minimum Gasteiger partial charge on any atom is -0.457 e. The van der Waals surface area contributed by atoms with Crippen molar-refractivity contribution < 1.29 is 19.4 Å². The van der Waals surface area contributed by atoms with Gasteiger partial charge in [0, 0.05) is 23.6 Å². The van der Waals surface area contributed by atoms with Gasteiger partial charge in [0.1, 0.15) is 11.5 Å². The van der Waals surface area contributed by atoms with Crippen LogP contribution in [0.4, 0.5) is 0 Å². The van der Waals surface area contributed by atoms with Gasteiger partial charge in [-0.1, -0.05) is 24.3 Å². The van der Waals surface area contributed by atoms with E-state index in [1.165, 1.54) is 0 Å². The molecular weight excluding hydrogens is 368 g/mol. The van der Waals surface area contributed by atoms with Crippen LogP contribution in [0.15, 0.2) is 54.6 Å². The third-order valence-electron chi connectivity index (χ3n) is 5.17. The van der Waals surface area contributed by atoms with Gasteiger partial charge < -0.3 is 20.5 Å². The molecule has 1 atom stereocenters.